The summed E-state index contributed by atoms with van der Waals surface area (Å²) in [4.78, 5) is 0. The molecule has 0 aromatic heterocycles. The minimum absolute atomic E-state index is 0.132. The summed E-state index contributed by atoms with van der Waals surface area (Å²) < 4.78 is 10.8. The third-order valence-corrected chi connectivity index (χ3v) is 3.46. The Bertz CT molecular complexity index is 584. The minimum atomic E-state index is 0.132. The molecule has 0 aliphatic heterocycles. The summed E-state index contributed by atoms with van der Waals surface area (Å²) in [7, 11) is 1.65. The minimum Gasteiger partial charge on any atom is -0.495 e. The Balaban J connectivity index is 2.13. The van der Waals surface area contributed by atoms with Crippen LogP contribution in [0.2, 0.25) is 5.02 Å². The van der Waals surface area contributed by atoms with Crippen molar-refractivity contribution >= 4 is 17.3 Å². The molecular formula is C17H20ClNO2. The van der Waals surface area contributed by atoms with E-state index in [0.717, 1.165) is 17.2 Å². The summed E-state index contributed by atoms with van der Waals surface area (Å²) in [6, 6.07) is 13.7. The molecule has 0 fully saturated rings. The van der Waals surface area contributed by atoms with Gasteiger partial charge < -0.3 is 14.8 Å². The van der Waals surface area contributed by atoms with Crippen LogP contribution in [0.25, 0.3) is 0 Å². The molecular weight excluding hydrogens is 286 g/mol. The molecule has 0 radical (unpaired) electrons. The Morgan fingerprint density at radius 3 is 2.48 bits per heavy atom. The highest BCUT2D eigenvalue weighted by molar-refractivity contribution is 6.30. The van der Waals surface area contributed by atoms with Gasteiger partial charge in [-0.2, -0.15) is 0 Å². The maximum Gasteiger partial charge on any atom is 0.142 e. The molecule has 112 valence electrons. The van der Waals surface area contributed by atoms with E-state index in [1.807, 2.05) is 37.3 Å². The van der Waals surface area contributed by atoms with Crippen molar-refractivity contribution < 1.29 is 9.47 Å². The smallest absolute Gasteiger partial charge is 0.142 e. The molecule has 0 heterocycles. The highest BCUT2D eigenvalue weighted by Gasteiger charge is 2.09. The van der Waals surface area contributed by atoms with Crippen LogP contribution in [0.3, 0.4) is 0 Å². The fourth-order valence-corrected chi connectivity index (χ4v) is 2.30. The average Bonchev–Trinajstić information content (AvgIpc) is 2.48. The lowest BCUT2D eigenvalue weighted by atomic mass is 10.1. The highest BCUT2D eigenvalue weighted by Crippen LogP contribution is 2.31. The number of ether oxygens (including phenoxy) is 2. The number of anilines is 1. The van der Waals surface area contributed by atoms with E-state index in [1.165, 1.54) is 5.56 Å². The van der Waals surface area contributed by atoms with Crippen molar-refractivity contribution in [3.8, 4) is 11.5 Å². The first-order valence-electron chi connectivity index (χ1n) is 6.97. The summed E-state index contributed by atoms with van der Waals surface area (Å²) in [5.41, 5.74) is 2.05. The zero-order valence-electron chi connectivity index (χ0n) is 12.5. The summed E-state index contributed by atoms with van der Waals surface area (Å²) in [5.74, 6) is 1.66. The summed E-state index contributed by atoms with van der Waals surface area (Å²) in [5, 5.41) is 4.10. The molecule has 4 heteroatoms. The van der Waals surface area contributed by atoms with Gasteiger partial charge in [0.25, 0.3) is 0 Å². The van der Waals surface area contributed by atoms with Gasteiger partial charge in [-0.3, -0.25) is 0 Å². The van der Waals surface area contributed by atoms with Crippen LogP contribution in [0.15, 0.2) is 42.5 Å². The monoisotopic (exact) mass is 305 g/mol. The first-order chi connectivity index (χ1) is 10.1. The molecule has 0 aliphatic carbocycles. The molecule has 1 unspecified atom stereocenters. The molecule has 0 spiro atoms. The molecule has 2 aromatic carbocycles. The number of hydrogen-bond acceptors (Lipinski definition) is 3. The molecule has 0 saturated heterocycles. The second-order valence-electron chi connectivity index (χ2n) is 4.71. The third-order valence-electron chi connectivity index (χ3n) is 3.22. The lowest BCUT2D eigenvalue weighted by Crippen LogP contribution is -2.07. The molecule has 0 bridgehead atoms. The molecule has 21 heavy (non-hydrogen) atoms. The van der Waals surface area contributed by atoms with Crippen LogP contribution in [0.1, 0.15) is 25.5 Å². The predicted octanol–water partition coefficient (Wildman–Crippen LogP) is 4.92. The topological polar surface area (TPSA) is 30.5 Å². The Kier molecular flexibility index (Phi) is 5.34. The van der Waals surface area contributed by atoms with Crippen molar-refractivity contribution in [1.82, 2.24) is 0 Å². The fourth-order valence-electron chi connectivity index (χ4n) is 2.13. The number of hydrogen-bond donors (Lipinski definition) is 1. The van der Waals surface area contributed by atoms with Crippen molar-refractivity contribution in [2.45, 2.75) is 19.9 Å². The standard InChI is InChI=1S/C17H20ClNO2/c1-4-21-15-8-5-13(6-9-15)12(2)19-16-11-14(18)7-10-17(16)20-3/h5-12,19H,4H2,1-3H3. The molecule has 0 saturated carbocycles. The van der Waals surface area contributed by atoms with Gasteiger partial charge in [-0.25, -0.2) is 0 Å². The Hall–Kier alpha value is -1.87. The van der Waals surface area contributed by atoms with Crippen molar-refractivity contribution in [3.05, 3.63) is 53.1 Å². The van der Waals surface area contributed by atoms with Crippen molar-refractivity contribution in [2.24, 2.45) is 0 Å². The average molecular weight is 306 g/mol. The zero-order valence-corrected chi connectivity index (χ0v) is 13.3. The summed E-state index contributed by atoms with van der Waals surface area (Å²) >= 11 is 6.05. The van der Waals surface area contributed by atoms with E-state index in [-0.39, 0.29) is 6.04 Å². The lowest BCUT2D eigenvalue weighted by molar-refractivity contribution is 0.340. The maximum atomic E-state index is 6.05. The first-order valence-corrected chi connectivity index (χ1v) is 7.34. The van der Waals surface area contributed by atoms with Gasteiger partial charge in [-0.1, -0.05) is 23.7 Å². The number of rotatable bonds is 6. The van der Waals surface area contributed by atoms with Crippen LogP contribution in [0.4, 0.5) is 5.69 Å². The van der Waals surface area contributed by atoms with Gasteiger partial charge in [0.15, 0.2) is 0 Å². The van der Waals surface area contributed by atoms with Gasteiger partial charge in [0.1, 0.15) is 11.5 Å². The van der Waals surface area contributed by atoms with E-state index in [2.05, 4.69) is 24.4 Å². The molecule has 0 amide bonds. The maximum absolute atomic E-state index is 6.05. The van der Waals surface area contributed by atoms with Crippen LogP contribution in [-0.2, 0) is 0 Å². The number of benzene rings is 2. The highest BCUT2D eigenvalue weighted by atomic mass is 35.5. The number of nitrogens with one attached hydrogen (secondary N) is 1. The van der Waals surface area contributed by atoms with E-state index in [4.69, 9.17) is 21.1 Å². The van der Waals surface area contributed by atoms with Gasteiger partial charge in [0.2, 0.25) is 0 Å². The van der Waals surface area contributed by atoms with Gasteiger partial charge in [-0.15, -0.1) is 0 Å². The van der Waals surface area contributed by atoms with E-state index in [0.29, 0.717) is 11.6 Å². The van der Waals surface area contributed by atoms with Crippen LogP contribution < -0.4 is 14.8 Å². The number of methoxy groups -OCH3 is 1. The normalized spacial score (nSPS) is 11.8. The van der Waals surface area contributed by atoms with Crippen LogP contribution >= 0.6 is 11.6 Å². The largest absolute Gasteiger partial charge is 0.495 e. The summed E-state index contributed by atoms with van der Waals surface area (Å²) in [6.45, 7) is 4.74. The van der Waals surface area contributed by atoms with Gasteiger partial charge in [0.05, 0.1) is 19.4 Å². The molecule has 2 rings (SSSR count). The Labute approximate surface area is 130 Å². The fraction of sp³-hybridized carbons (Fsp3) is 0.294. The number of halogens is 1. The SMILES string of the molecule is CCOc1ccc(C(C)Nc2cc(Cl)ccc2OC)cc1. The van der Waals surface area contributed by atoms with Gasteiger partial charge >= 0.3 is 0 Å². The Morgan fingerprint density at radius 1 is 1.14 bits per heavy atom. The molecule has 0 aliphatic rings. The second-order valence-corrected chi connectivity index (χ2v) is 5.15. The zero-order chi connectivity index (χ0) is 15.2. The third kappa shape index (κ3) is 4.05. The van der Waals surface area contributed by atoms with Crippen LogP contribution in [0.5, 0.6) is 11.5 Å². The van der Waals surface area contributed by atoms with E-state index >= 15 is 0 Å². The molecule has 1 N–H and O–H groups in total. The van der Waals surface area contributed by atoms with Gasteiger partial charge in [-0.05, 0) is 49.7 Å². The lowest BCUT2D eigenvalue weighted by Gasteiger charge is -2.18. The second kappa shape index (κ2) is 7.23. The van der Waals surface area contributed by atoms with E-state index in [1.54, 1.807) is 7.11 Å². The van der Waals surface area contributed by atoms with Crippen molar-refractivity contribution in [3.63, 3.8) is 0 Å². The van der Waals surface area contributed by atoms with E-state index in [9.17, 15) is 0 Å². The predicted molar refractivity (Wildman–Crippen MR) is 87.7 cm³/mol. The Morgan fingerprint density at radius 2 is 1.86 bits per heavy atom. The first kappa shape index (κ1) is 15.5. The molecule has 3 nitrogen and oxygen atoms in total. The van der Waals surface area contributed by atoms with Crippen molar-refractivity contribution in [2.75, 3.05) is 19.0 Å². The van der Waals surface area contributed by atoms with E-state index < -0.39 is 0 Å². The van der Waals surface area contributed by atoms with Gasteiger partial charge in [0, 0.05) is 11.1 Å². The summed E-state index contributed by atoms with van der Waals surface area (Å²) in [6.07, 6.45) is 0. The van der Waals surface area contributed by atoms with Crippen LogP contribution in [0, 0.1) is 0 Å². The van der Waals surface area contributed by atoms with Crippen molar-refractivity contribution in [1.29, 1.82) is 0 Å². The molecule has 2 aromatic rings. The van der Waals surface area contributed by atoms with Crippen LogP contribution in [-0.4, -0.2) is 13.7 Å². The quantitative estimate of drug-likeness (QED) is 0.821. The molecule has 1 atom stereocenters.